The smallest absolute Gasteiger partial charge is 0.243 e. The van der Waals surface area contributed by atoms with E-state index in [0.29, 0.717) is 5.76 Å². The summed E-state index contributed by atoms with van der Waals surface area (Å²) >= 11 is 0. The number of piperidine rings is 1. The van der Waals surface area contributed by atoms with Gasteiger partial charge in [0.2, 0.25) is 15.9 Å². The lowest BCUT2D eigenvalue weighted by molar-refractivity contribution is -0.130. The monoisotopic (exact) mass is 444 g/mol. The van der Waals surface area contributed by atoms with Gasteiger partial charge in [-0.15, -0.1) is 0 Å². The fourth-order valence-corrected chi connectivity index (χ4v) is 5.96. The Hall–Kier alpha value is -2.24. The molecule has 1 aliphatic heterocycles. The minimum absolute atomic E-state index is 0.193. The summed E-state index contributed by atoms with van der Waals surface area (Å²) in [6.07, 6.45) is 1.93. The van der Waals surface area contributed by atoms with Crippen LogP contribution in [0.2, 0.25) is 0 Å². The molecule has 2 aromatic rings. The number of sulfonamides is 1. The average molecular weight is 445 g/mol. The number of amides is 1. The average Bonchev–Trinajstić information content (AvgIpc) is 3.19. The van der Waals surface area contributed by atoms with Crippen molar-refractivity contribution in [3.05, 3.63) is 54.2 Å². The predicted molar refractivity (Wildman–Crippen MR) is 103 cm³/mol. The number of halogens is 1. The first-order valence-electron chi connectivity index (χ1n) is 8.95. The van der Waals surface area contributed by atoms with Crippen molar-refractivity contribution < 1.29 is 30.4 Å². The second-order valence-electron chi connectivity index (χ2n) is 6.72. The number of benzene rings is 1. The summed E-state index contributed by atoms with van der Waals surface area (Å²) in [6, 6.07) is 8.09. The van der Waals surface area contributed by atoms with E-state index in [2.05, 4.69) is 4.72 Å². The van der Waals surface area contributed by atoms with Gasteiger partial charge in [-0.1, -0.05) is 12.1 Å². The maximum Gasteiger partial charge on any atom is 0.243 e. The number of hydrogen-bond donors (Lipinski definition) is 1. The molecule has 1 aromatic carbocycles. The maximum absolute atomic E-state index is 13.7. The number of hydrogen-bond acceptors (Lipinski definition) is 6. The van der Waals surface area contributed by atoms with Crippen LogP contribution in [-0.4, -0.2) is 52.5 Å². The van der Waals surface area contributed by atoms with Gasteiger partial charge in [-0.3, -0.25) is 4.79 Å². The van der Waals surface area contributed by atoms with Crippen LogP contribution in [0.1, 0.15) is 18.6 Å². The lowest BCUT2D eigenvalue weighted by atomic mass is 10.1. The van der Waals surface area contributed by atoms with Crippen molar-refractivity contribution in [2.24, 2.45) is 0 Å². The van der Waals surface area contributed by atoms with Crippen molar-refractivity contribution >= 4 is 25.8 Å². The van der Waals surface area contributed by atoms with Crippen molar-refractivity contribution in [1.82, 2.24) is 9.62 Å². The van der Waals surface area contributed by atoms with E-state index in [1.807, 2.05) is 0 Å². The summed E-state index contributed by atoms with van der Waals surface area (Å²) in [5.74, 6) is -1.23. The van der Waals surface area contributed by atoms with Crippen molar-refractivity contribution in [3.63, 3.8) is 0 Å². The molecule has 1 N–H and O–H groups in total. The first-order chi connectivity index (χ1) is 13.7. The number of carbonyl (C=O) groups is 1. The molecule has 0 unspecified atom stereocenters. The van der Waals surface area contributed by atoms with Gasteiger partial charge in [0.25, 0.3) is 0 Å². The first-order valence-corrected chi connectivity index (χ1v) is 12.1. The van der Waals surface area contributed by atoms with E-state index in [0.717, 1.165) is 12.1 Å². The molecule has 0 atom stereocenters. The zero-order valence-corrected chi connectivity index (χ0v) is 17.1. The third-order valence-electron chi connectivity index (χ3n) is 4.77. The van der Waals surface area contributed by atoms with Gasteiger partial charge >= 0.3 is 0 Å². The van der Waals surface area contributed by atoms with Gasteiger partial charge in [0.15, 0.2) is 9.84 Å². The van der Waals surface area contributed by atoms with E-state index in [9.17, 15) is 26.0 Å². The third-order valence-corrected chi connectivity index (χ3v) is 8.37. The Morgan fingerprint density at radius 3 is 2.41 bits per heavy atom. The number of furan rings is 1. The van der Waals surface area contributed by atoms with Crippen molar-refractivity contribution in [1.29, 1.82) is 0 Å². The van der Waals surface area contributed by atoms with Crippen LogP contribution >= 0.6 is 0 Å². The Labute approximate surface area is 168 Å². The standard InChI is InChI=1S/C18H21FN2O6S2/c19-16-5-1-2-6-17(16)29(25,26)20-12-18(22)21-9-7-15(8-10-21)28(23,24)13-14-4-3-11-27-14/h1-6,11,15,20H,7-10,12-13H2. The number of rotatable bonds is 7. The van der Waals surface area contributed by atoms with E-state index in [1.54, 1.807) is 12.1 Å². The molecule has 1 saturated heterocycles. The van der Waals surface area contributed by atoms with Crippen LogP contribution in [0.4, 0.5) is 4.39 Å². The van der Waals surface area contributed by atoms with Crippen LogP contribution in [0.25, 0.3) is 0 Å². The highest BCUT2D eigenvalue weighted by Crippen LogP contribution is 2.22. The fourth-order valence-electron chi connectivity index (χ4n) is 3.18. The Bertz CT molecular complexity index is 1060. The van der Waals surface area contributed by atoms with Gasteiger partial charge in [0.1, 0.15) is 22.2 Å². The van der Waals surface area contributed by atoms with Crippen molar-refractivity contribution in [2.45, 2.75) is 28.7 Å². The molecule has 2 heterocycles. The molecule has 0 spiro atoms. The SMILES string of the molecule is O=C(CNS(=O)(=O)c1ccccc1F)N1CCC(S(=O)(=O)Cc2ccco2)CC1. The zero-order chi connectivity index (χ0) is 21.1. The Morgan fingerprint density at radius 2 is 1.79 bits per heavy atom. The molecular formula is C18H21FN2O6S2. The van der Waals surface area contributed by atoms with Crippen LogP contribution in [0.15, 0.2) is 52.0 Å². The Morgan fingerprint density at radius 1 is 1.10 bits per heavy atom. The topological polar surface area (TPSA) is 114 Å². The van der Waals surface area contributed by atoms with E-state index < -0.39 is 48.3 Å². The van der Waals surface area contributed by atoms with Crippen LogP contribution in [0, 0.1) is 5.82 Å². The van der Waals surface area contributed by atoms with E-state index in [1.165, 1.54) is 23.3 Å². The predicted octanol–water partition coefficient (Wildman–Crippen LogP) is 1.30. The van der Waals surface area contributed by atoms with Gasteiger partial charge in [-0.2, -0.15) is 0 Å². The molecule has 1 fully saturated rings. The van der Waals surface area contributed by atoms with Crippen LogP contribution < -0.4 is 4.72 Å². The highest BCUT2D eigenvalue weighted by molar-refractivity contribution is 7.91. The minimum Gasteiger partial charge on any atom is -0.468 e. The summed E-state index contributed by atoms with van der Waals surface area (Å²) in [4.78, 5) is 13.2. The van der Waals surface area contributed by atoms with E-state index >= 15 is 0 Å². The van der Waals surface area contributed by atoms with Gasteiger partial charge in [0, 0.05) is 13.1 Å². The molecule has 29 heavy (non-hydrogen) atoms. The number of carbonyl (C=O) groups excluding carboxylic acids is 1. The fraction of sp³-hybridized carbons (Fsp3) is 0.389. The molecule has 0 saturated carbocycles. The zero-order valence-electron chi connectivity index (χ0n) is 15.5. The van der Waals surface area contributed by atoms with E-state index in [-0.39, 0.29) is 31.7 Å². The van der Waals surface area contributed by atoms with Crippen LogP contribution in [-0.2, 0) is 30.4 Å². The van der Waals surface area contributed by atoms with Gasteiger partial charge < -0.3 is 9.32 Å². The van der Waals surface area contributed by atoms with Crippen LogP contribution in [0.3, 0.4) is 0 Å². The molecule has 8 nitrogen and oxygen atoms in total. The Balaban J connectivity index is 1.53. The van der Waals surface area contributed by atoms with Gasteiger partial charge in [0.05, 0.1) is 18.1 Å². The Kier molecular flexibility index (Phi) is 6.39. The number of likely N-dealkylation sites (tertiary alicyclic amines) is 1. The molecule has 3 rings (SSSR count). The van der Waals surface area contributed by atoms with Crippen molar-refractivity contribution in [2.75, 3.05) is 19.6 Å². The third kappa shape index (κ3) is 5.22. The summed E-state index contributed by atoms with van der Waals surface area (Å²) in [5.41, 5.74) is 0. The number of nitrogens with zero attached hydrogens (tertiary/aromatic N) is 1. The maximum atomic E-state index is 13.7. The lowest BCUT2D eigenvalue weighted by Crippen LogP contribution is -2.46. The highest BCUT2D eigenvalue weighted by Gasteiger charge is 2.32. The summed E-state index contributed by atoms with van der Waals surface area (Å²) in [7, 11) is -7.58. The molecule has 0 radical (unpaired) electrons. The molecular weight excluding hydrogens is 423 g/mol. The quantitative estimate of drug-likeness (QED) is 0.689. The summed E-state index contributed by atoms with van der Waals surface area (Å²) in [5, 5.41) is -0.591. The first kappa shape index (κ1) is 21.5. The second kappa shape index (κ2) is 8.64. The summed E-state index contributed by atoms with van der Waals surface area (Å²) in [6.45, 7) is -0.134. The van der Waals surface area contributed by atoms with Gasteiger partial charge in [-0.05, 0) is 37.1 Å². The second-order valence-corrected chi connectivity index (χ2v) is 10.7. The molecule has 1 aromatic heterocycles. The molecule has 1 aliphatic rings. The largest absolute Gasteiger partial charge is 0.468 e. The molecule has 11 heteroatoms. The highest BCUT2D eigenvalue weighted by atomic mass is 32.2. The molecule has 1 amide bonds. The van der Waals surface area contributed by atoms with Crippen LogP contribution in [0.5, 0.6) is 0 Å². The van der Waals surface area contributed by atoms with E-state index in [4.69, 9.17) is 4.42 Å². The summed E-state index contributed by atoms with van der Waals surface area (Å²) < 4.78 is 70.2. The lowest BCUT2D eigenvalue weighted by Gasteiger charge is -2.31. The molecule has 0 aliphatic carbocycles. The molecule has 158 valence electrons. The van der Waals surface area contributed by atoms with Gasteiger partial charge in [-0.25, -0.2) is 25.9 Å². The number of sulfone groups is 1. The normalized spacial score (nSPS) is 16.1. The minimum atomic E-state index is -4.17. The van der Waals surface area contributed by atoms with Crippen molar-refractivity contribution in [3.8, 4) is 0 Å². The molecule has 0 bridgehead atoms. The number of nitrogens with one attached hydrogen (secondary N) is 1.